The van der Waals surface area contributed by atoms with Crippen LogP contribution in [-0.2, 0) is 11.2 Å². The van der Waals surface area contributed by atoms with Crippen LogP contribution in [0, 0.1) is 0 Å². The maximum atomic E-state index is 12.3. The molecule has 1 rings (SSSR count). The van der Waals surface area contributed by atoms with Gasteiger partial charge in [0.15, 0.2) is 0 Å². The van der Waals surface area contributed by atoms with E-state index in [-0.39, 0.29) is 5.97 Å². The van der Waals surface area contributed by atoms with E-state index in [0.29, 0.717) is 28.8 Å². The SMILES string of the molecule is CCCCc1cc(O[Si](C(C)C)(C(C)C)C(C)C)ccc1C(=O)OCC. The lowest BCUT2D eigenvalue weighted by atomic mass is 10.0. The molecule has 0 saturated carbocycles. The number of unbranched alkanes of at least 4 members (excludes halogenated alkanes) is 1. The molecule has 0 spiro atoms. The maximum Gasteiger partial charge on any atom is 0.338 e. The molecule has 0 heterocycles. The van der Waals surface area contributed by atoms with Crippen molar-refractivity contribution in [3.8, 4) is 5.75 Å². The quantitative estimate of drug-likeness (QED) is 0.333. The van der Waals surface area contributed by atoms with Crippen molar-refractivity contribution in [3.05, 3.63) is 29.3 Å². The summed E-state index contributed by atoms with van der Waals surface area (Å²) in [4.78, 5) is 12.3. The van der Waals surface area contributed by atoms with Crippen LogP contribution in [-0.4, -0.2) is 20.9 Å². The summed E-state index contributed by atoms with van der Waals surface area (Å²) in [7, 11) is -2.00. The minimum absolute atomic E-state index is 0.231. The first-order chi connectivity index (χ1) is 12.2. The van der Waals surface area contributed by atoms with Crippen LogP contribution in [0.3, 0.4) is 0 Å². The van der Waals surface area contributed by atoms with Crippen molar-refractivity contribution in [3.63, 3.8) is 0 Å². The molecule has 0 aliphatic rings. The third-order valence-corrected chi connectivity index (χ3v) is 11.4. The monoisotopic (exact) mass is 378 g/mol. The second-order valence-electron chi connectivity index (χ2n) is 8.06. The molecule has 1 aromatic carbocycles. The van der Waals surface area contributed by atoms with E-state index in [9.17, 15) is 4.79 Å². The number of esters is 1. The number of carbonyl (C=O) groups excluding carboxylic acids is 1. The van der Waals surface area contributed by atoms with Crippen LogP contribution in [0.1, 0.15) is 84.2 Å². The molecule has 0 saturated heterocycles. The van der Waals surface area contributed by atoms with Crippen LogP contribution < -0.4 is 4.43 Å². The van der Waals surface area contributed by atoms with Gasteiger partial charge >= 0.3 is 5.97 Å². The molecular weight excluding hydrogens is 340 g/mol. The van der Waals surface area contributed by atoms with Crippen LogP contribution in [0.25, 0.3) is 0 Å². The molecule has 0 atom stereocenters. The second kappa shape index (κ2) is 10.1. The van der Waals surface area contributed by atoms with E-state index in [2.05, 4.69) is 54.5 Å². The summed E-state index contributed by atoms with van der Waals surface area (Å²) in [5, 5.41) is 0. The van der Waals surface area contributed by atoms with E-state index in [1.54, 1.807) is 0 Å². The minimum Gasteiger partial charge on any atom is -0.543 e. The highest BCUT2D eigenvalue weighted by atomic mass is 28.4. The molecule has 0 radical (unpaired) electrons. The zero-order valence-electron chi connectivity index (χ0n) is 18.0. The largest absolute Gasteiger partial charge is 0.543 e. The fourth-order valence-corrected chi connectivity index (χ4v) is 9.42. The number of aryl methyl sites for hydroxylation is 1. The lowest BCUT2D eigenvalue weighted by Gasteiger charge is -2.42. The first-order valence-electron chi connectivity index (χ1n) is 10.2. The van der Waals surface area contributed by atoms with Crippen LogP contribution in [0.4, 0.5) is 0 Å². The van der Waals surface area contributed by atoms with Crippen LogP contribution in [0.5, 0.6) is 5.75 Å². The summed E-state index contributed by atoms with van der Waals surface area (Å²) in [5.74, 6) is 0.678. The van der Waals surface area contributed by atoms with Gasteiger partial charge in [0.2, 0.25) is 0 Å². The third kappa shape index (κ3) is 5.12. The van der Waals surface area contributed by atoms with Gasteiger partial charge < -0.3 is 9.16 Å². The van der Waals surface area contributed by atoms with Crippen molar-refractivity contribution in [2.75, 3.05) is 6.61 Å². The van der Waals surface area contributed by atoms with E-state index in [1.165, 1.54) is 0 Å². The first kappa shape index (κ1) is 22.7. The Morgan fingerprint density at radius 1 is 1.00 bits per heavy atom. The molecule has 1 aromatic rings. The minimum atomic E-state index is -2.00. The molecule has 26 heavy (non-hydrogen) atoms. The number of hydrogen-bond acceptors (Lipinski definition) is 3. The average Bonchev–Trinajstić information content (AvgIpc) is 2.57. The Balaban J connectivity index is 3.29. The van der Waals surface area contributed by atoms with Crippen LogP contribution in [0.15, 0.2) is 18.2 Å². The standard InChI is InChI=1S/C22H38O3Si/c1-9-11-12-19-15-20(13-14-21(19)22(23)24-10-2)25-26(16(3)4,17(5)6)18(7)8/h13-18H,9-12H2,1-8H3. The number of carbonyl (C=O) groups is 1. The molecular formula is C22H38O3Si. The zero-order valence-corrected chi connectivity index (χ0v) is 19.0. The molecule has 0 aromatic heterocycles. The fourth-order valence-electron chi connectivity index (χ4n) is 4.17. The van der Waals surface area contributed by atoms with Crippen LogP contribution in [0.2, 0.25) is 16.6 Å². The zero-order chi connectivity index (χ0) is 19.9. The summed E-state index contributed by atoms with van der Waals surface area (Å²) in [5.41, 5.74) is 3.28. The van der Waals surface area contributed by atoms with Gasteiger partial charge in [0.05, 0.1) is 12.2 Å². The van der Waals surface area contributed by atoms with Crippen molar-refractivity contribution in [2.45, 2.75) is 91.3 Å². The van der Waals surface area contributed by atoms with Crippen molar-refractivity contribution in [2.24, 2.45) is 0 Å². The van der Waals surface area contributed by atoms with Gasteiger partial charge in [0.1, 0.15) is 5.75 Å². The highest BCUT2D eigenvalue weighted by molar-refractivity contribution is 6.78. The molecule has 3 nitrogen and oxygen atoms in total. The van der Waals surface area contributed by atoms with Gasteiger partial charge in [0, 0.05) is 0 Å². The molecule has 4 heteroatoms. The van der Waals surface area contributed by atoms with Crippen LogP contribution >= 0.6 is 0 Å². The summed E-state index contributed by atoms with van der Waals surface area (Å²) >= 11 is 0. The van der Waals surface area contributed by atoms with E-state index in [0.717, 1.165) is 30.6 Å². The predicted octanol–water partition coefficient (Wildman–Crippen LogP) is 6.76. The van der Waals surface area contributed by atoms with Gasteiger partial charge in [-0.2, -0.15) is 0 Å². The number of benzene rings is 1. The summed E-state index contributed by atoms with van der Waals surface area (Å²) < 4.78 is 12.0. The molecule has 0 amide bonds. The van der Waals surface area contributed by atoms with E-state index >= 15 is 0 Å². The van der Waals surface area contributed by atoms with Crippen molar-refractivity contribution in [1.82, 2.24) is 0 Å². The topological polar surface area (TPSA) is 35.5 Å². The Kier molecular flexibility index (Phi) is 8.88. The molecule has 0 bridgehead atoms. The Hall–Kier alpha value is -1.29. The smallest absolute Gasteiger partial charge is 0.338 e. The lowest BCUT2D eigenvalue weighted by molar-refractivity contribution is 0.0525. The first-order valence-corrected chi connectivity index (χ1v) is 12.3. The Bertz CT molecular complexity index is 557. The summed E-state index contributed by atoms with van der Waals surface area (Å²) in [6.45, 7) is 18.1. The van der Waals surface area contributed by atoms with E-state index in [1.807, 2.05) is 19.1 Å². The van der Waals surface area contributed by atoms with E-state index in [4.69, 9.17) is 9.16 Å². The molecule has 0 fully saturated rings. The predicted molar refractivity (Wildman–Crippen MR) is 113 cm³/mol. The van der Waals surface area contributed by atoms with Gasteiger partial charge in [-0.3, -0.25) is 0 Å². The van der Waals surface area contributed by atoms with Gasteiger partial charge in [-0.15, -0.1) is 0 Å². The van der Waals surface area contributed by atoms with Crippen molar-refractivity contribution >= 4 is 14.3 Å². The number of rotatable bonds is 10. The van der Waals surface area contributed by atoms with Crippen molar-refractivity contribution < 1.29 is 14.0 Å². The third-order valence-electron chi connectivity index (χ3n) is 5.37. The van der Waals surface area contributed by atoms with Crippen molar-refractivity contribution in [1.29, 1.82) is 0 Å². The Morgan fingerprint density at radius 2 is 1.58 bits per heavy atom. The highest BCUT2D eigenvalue weighted by Crippen LogP contribution is 2.43. The molecule has 0 aliphatic heterocycles. The second-order valence-corrected chi connectivity index (χ2v) is 13.4. The van der Waals surface area contributed by atoms with Gasteiger partial charge in [-0.25, -0.2) is 4.79 Å². The molecule has 0 aliphatic carbocycles. The molecule has 148 valence electrons. The Morgan fingerprint density at radius 3 is 2.04 bits per heavy atom. The van der Waals surface area contributed by atoms with Gasteiger partial charge in [-0.1, -0.05) is 54.9 Å². The normalized spacial score (nSPS) is 12.1. The molecule has 0 N–H and O–H groups in total. The number of ether oxygens (including phenoxy) is 1. The Labute approximate surface area is 161 Å². The highest BCUT2D eigenvalue weighted by Gasteiger charge is 2.47. The molecule has 0 unspecified atom stereocenters. The summed E-state index contributed by atoms with van der Waals surface area (Å²) in [6.07, 6.45) is 3.02. The number of hydrogen-bond donors (Lipinski definition) is 0. The summed E-state index contributed by atoms with van der Waals surface area (Å²) in [6, 6.07) is 5.92. The lowest BCUT2D eigenvalue weighted by Crippen LogP contribution is -2.50. The maximum absolute atomic E-state index is 12.3. The average molecular weight is 379 g/mol. The van der Waals surface area contributed by atoms with Gasteiger partial charge in [0.25, 0.3) is 8.32 Å². The fraction of sp³-hybridized carbons (Fsp3) is 0.682. The van der Waals surface area contributed by atoms with Gasteiger partial charge in [-0.05, 0) is 60.2 Å². The van der Waals surface area contributed by atoms with E-state index < -0.39 is 8.32 Å².